The van der Waals surface area contributed by atoms with Crippen LogP contribution in [0.4, 0.5) is 0 Å². The third-order valence-electron chi connectivity index (χ3n) is 6.33. The number of hydrogen-bond acceptors (Lipinski definition) is 3. The summed E-state index contributed by atoms with van der Waals surface area (Å²) < 4.78 is 0. The molecule has 5 nitrogen and oxygen atoms in total. The van der Waals surface area contributed by atoms with E-state index in [0.29, 0.717) is 18.4 Å². The molecular weight excluding hydrogens is 378 g/mol. The Hall–Kier alpha value is -2.82. The largest absolute Gasteiger partial charge is 0.507 e. The standard InChI is InChI=1S/C25H29NO4/c27-23-13-12-21(14-22(23)25(29)30)19-10-8-18(9-11-19)16-26(15-17-6-7-17)24(28)20-4-2-1-3-5-20/h8-14,17,20,27H,1-7,15-16H2,(H,29,30). The van der Waals surface area contributed by atoms with Crippen LogP contribution in [0.3, 0.4) is 0 Å². The number of benzene rings is 2. The first-order valence-electron chi connectivity index (χ1n) is 11.0. The van der Waals surface area contributed by atoms with Gasteiger partial charge in [0, 0.05) is 19.0 Å². The predicted molar refractivity (Wildman–Crippen MR) is 115 cm³/mol. The molecule has 0 saturated heterocycles. The van der Waals surface area contributed by atoms with Crippen molar-refractivity contribution in [3.05, 3.63) is 53.6 Å². The van der Waals surface area contributed by atoms with E-state index in [1.165, 1.54) is 31.4 Å². The molecule has 2 fully saturated rings. The summed E-state index contributed by atoms with van der Waals surface area (Å²) in [7, 11) is 0. The van der Waals surface area contributed by atoms with E-state index in [2.05, 4.69) is 4.90 Å². The minimum absolute atomic E-state index is 0.106. The van der Waals surface area contributed by atoms with Gasteiger partial charge in [0.05, 0.1) is 0 Å². The number of carbonyl (C=O) groups is 2. The van der Waals surface area contributed by atoms with E-state index >= 15 is 0 Å². The topological polar surface area (TPSA) is 77.8 Å². The fraction of sp³-hybridized carbons (Fsp3) is 0.440. The van der Waals surface area contributed by atoms with Crippen molar-refractivity contribution in [2.75, 3.05) is 6.54 Å². The van der Waals surface area contributed by atoms with Gasteiger partial charge in [-0.1, -0.05) is 49.6 Å². The number of phenols is 1. The summed E-state index contributed by atoms with van der Waals surface area (Å²) in [5.41, 5.74) is 2.60. The molecule has 5 heteroatoms. The van der Waals surface area contributed by atoms with Gasteiger partial charge in [0.25, 0.3) is 0 Å². The molecule has 2 N–H and O–H groups in total. The maximum atomic E-state index is 13.1. The molecule has 2 aliphatic rings. The number of rotatable bonds is 7. The van der Waals surface area contributed by atoms with Crippen LogP contribution in [-0.4, -0.2) is 33.5 Å². The molecule has 0 unspecified atom stereocenters. The van der Waals surface area contributed by atoms with Crippen molar-refractivity contribution >= 4 is 11.9 Å². The van der Waals surface area contributed by atoms with Crippen molar-refractivity contribution in [2.45, 2.75) is 51.5 Å². The maximum absolute atomic E-state index is 13.1. The number of hydrogen-bond donors (Lipinski definition) is 2. The van der Waals surface area contributed by atoms with Crippen LogP contribution < -0.4 is 0 Å². The predicted octanol–water partition coefficient (Wildman–Crippen LogP) is 5.08. The first-order valence-corrected chi connectivity index (χ1v) is 11.0. The van der Waals surface area contributed by atoms with E-state index < -0.39 is 5.97 Å². The van der Waals surface area contributed by atoms with Crippen LogP contribution in [0.5, 0.6) is 5.75 Å². The average molecular weight is 408 g/mol. The van der Waals surface area contributed by atoms with E-state index in [1.807, 2.05) is 24.3 Å². The van der Waals surface area contributed by atoms with Crippen LogP contribution in [0.15, 0.2) is 42.5 Å². The Morgan fingerprint density at radius 1 is 0.900 bits per heavy atom. The summed E-state index contributed by atoms with van der Waals surface area (Å²) in [4.78, 5) is 26.5. The number of carboxylic acid groups (broad SMARTS) is 1. The van der Waals surface area contributed by atoms with Crippen LogP contribution in [0.2, 0.25) is 0 Å². The number of nitrogens with zero attached hydrogens (tertiary/aromatic N) is 1. The van der Waals surface area contributed by atoms with Crippen molar-refractivity contribution in [1.29, 1.82) is 0 Å². The molecule has 30 heavy (non-hydrogen) atoms. The molecule has 4 rings (SSSR count). The molecule has 2 aromatic rings. The summed E-state index contributed by atoms with van der Waals surface area (Å²) in [6.07, 6.45) is 8.05. The Morgan fingerprint density at radius 2 is 1.57 bits per heavy atom. The summed E-state index contributed by atoms with van der Waals surface area (Å²) in [6.45, 7) is 1.49. The molecule has 158 valence electrons. The number of aromatic carboxylic acids is 1. The van der Waals surface area contributed by atoms with Gasteiger partial charge in [0.15, 0.2) is 0 Å². The molecule has 0 bridgehead atoms. The molecule has 0 heterocycles. The third-order valence-corrected chi connectivity index (χ3v) is 6.33. The minimum Gasteiger partial charge on any atom is -0.507 e. The molecular formula is C25H29NO4. The van der Waals surface area contributed by atoms with Gasteiger partial charge in [0.2, 0.25) is 5.91 Å². The average Bonchev–Trinajstić information content (AvgIpc) is 3.58. The lowest BCUT2D eigenvalue weighted by atomic mass is 9.88. The Kier molecular flexibility index (Phi) is 6.07. The zero-order valence-electron chi connectivity index (χ0n) is 17.2. The Morgan fingerprint density at radius 3 is 2.20 bits per heavy atom. The first kappa shape index (κ1) is 20.5. The lowest BCUT2D eigenvalue weighted by Gasteiger charge is -2.29. The van der Waals surface area contributed by atoms with Gasteiger partial charge in [-0.05, 0) is 60.4 Å². The Bertz CT molecular complexity index is 911. The Balaban J connectivity index is 1.48. The zero-order chi connectivity index (χ0) is 21.1. The normalized spacial score (nSPS) is 16.9. The van der Waals surface area contributed by atoms with Crippen molar-refractivity contribution < 1.29 is 19.8 Å². The fourth-order valence-corrected chi connectivity index (χ4v) is 4.36. The summed E-state index contributed by atoms with van der Waals surface area (Å²) >= 11 is 0. The van der Waals surface area contributed by atoms with Gasteiger partial charge < -0.3 is 15.1 Å². The SMILES string of the molecule is O=C(O)c1cc(-c2ccc(CN(CC3CC3)C(=O)C3CCCCC3)cc2)ccc1O. The molecule has 2 aromatic carbocycles. The fourth-order valence-electron chi connectivity index (χ4n) is 4.36. The molecule has 2 aliphatic carbocycles. The summed E-state index contributed by atoms with van der Waals surface area (Å²) in [5, 5.41) is 18.9. The highest BCUT2D eigenvalue weighted by Crippen LogP contribution is 2.33. The molecule has 0 radical (unpaired) electrons. The molecule has 0 spiro atoms. The number of carbonyl (C=O) groups excluding carboxylic acids is 1. The van der Waals surface area contributed by atoms with Gasteiger partial charge in [-0.2, -0.15) is 0 Å². The van der Waals surface area contributed by atoms with Crippen LogP contribution in [0, 0.1) is 11.8 Å². The summed E-state index contributed by atoms with van der Waals surface area (Å²) in [6, 6.07) is 12.5. The molecule has 0 aromatic heterocycles. The molecule has 2 saturated carbocycles. The maximum Gasteiger partial charge on any atom is 0.339 e. The van der Waals surface area contributed by atoms with Crippen LogP contribution >= 0.6 is 0 Å². The highest BCUT2D eigenvalue weighted by atomic mass is 16.4. The van der Waals surface area contributed by atoms with Gasteiger partial charge in [-0.3, -0.25) is 4.79 Å². The number of carboxylic acids is 1. The van der Waals surface area contributed by atoms with Crippen LogP contribution in [0.25, 0.3) is 11.1 Å². The van der Waals surface area contributed by atoms with E-state index in [1.54, 1.807) is 6.07 Å². The van der Waals surface area contributed by atoms with Crippen LogP contribution in [-0.2, 0) is 11.3 Å². The van der Waals surface area contributed by atoms with Gasteiger partial charge in [-0.25, -0.2) is 4.79 Å². The second kappa shape index (κ2) is 8.90. The van der Waals surface area contributed by atoms with Gasteiger partial charge >= 0.3 is 5.97 Å². The number of amides is 1. The van der Waals surface area contributed by atoms with Gasteiger partial charge in [0.1, 0.15) is 11.3 Å². The second-order valence-electron chi connectivity index (χ2n) is 8.73. The third kappa shape index (κ3) is 4.84. The van der Waals surface area contributed by atoms with Crippen LogP contribution in [0.1, 0.15) is 60.9 Å². The summed E-state index contributed by atoms with van der Waals surface area (Å²) in [5.74, 6) is -0.232. The van der Waals surface area contributed by atoms with E-state index in [4.69, 9.17) is 0 Å². The minimum atomic E-state index is -1.15. The molecule has 0 atom stereocenters. The van der Waals surface area contributed by atoms with Crippen molar-refractivity contribution in [2.24, 2.45) is 11.8 Å². The monoisotopic (exact) mass is 407 g/mol. The van der Waals surface area contributed by atoms with Crippen molar-refractivity contribution in [1.82, 2.24) is 4.90 Å². The quantitative estimate of drug-likeness (QED) is 0.671. The van der Waals surface area contributed by atoms with Crippen molar-refractivity contribution in [3.8, 4) is 16.9 Å². The number of aromatic hydroxyl groups is 1. The van der Waals surface area contributed by atoms with Crippen molar-refractivity contribution in [3.63, 3.8) is 0 Å². The van der Waals surface area contributed by atoms with E-state index in [9.17, 15) is 19.8 Å². The highest BCUT2D eigenvalue weighted by Gasteiger charge is 2.31. The molecule has 1 amide bonds. The Labute approximate surface area is 177 Å². The van der Waals surface area contributed by atoms with Gasteiger partial charge in [-0.15, -0.1) is 0 Å². The first-order chi connectivity index (χ1) is 14.5. The lowest BCUT2D eigenvalue weighted by Crippen LogP contribution is -2.38. The van der Waals surface area contributed by atoms with E-state index in [0.717, 1.165) is 48.9 Å². The highest BCUT2D eigenvalue weighted by molar-refractivity contribution is 5.92. The lowest BCUT2D eigenvalue weighted by molar-refractivity contribution is -0.137. The second-order valence-corrected chi connectivity index (χ2v) is 8.73. The smallest absolute Gasteiger partial charge is 0.339 e. The van der Waals surface area contributed by atoms with E-state index in [-0.39, 0.29) is 17.2 Å². The zero-order valence-corrected chi connectivity index (χ0v) is 17.2. The molecule has 0 aliphatic heterocycles.